The van der Waals surface area contributed by atoms with E-state index in [1.54, 1.807) is 42.2 Å². The van der Waals surface area contributed by atoms with Crippen molar-refractivity contribution in [3.05, 3.63) is 71.8 Å². The van der Waals surface area contributed by atoms with Crippen LogP contribution in [-0.4, -0.2) is 25.5 Å². The highest BCUT2D eigenvalue weighted by Gasteiger charge is 2.13. The van der Waals surface area contributed by atoms with Gasteiger partial charge in [0.1, 0.15) is 11.6 Å². The maximum absolute atomic E-state index is 13.0. The smallest absolute Gasteiger partial charge is 0.189 e. The molecule has 0 aliphatic rings. The van der Waals surface area contributed by atoms with Crippen LogP contribution in [0.25, 0.3) is 11.8 Å². The zero-order valence-corrected chi connectivity index (χ0v) is 11.8. The molecule has 1 N–H and O–H groups in total. The molecule has 3 rings (SSSR count). The van der Waals surface area contributed by atoms with Gasteiger partial charge in [0.2, 0.25) is 0 Å². The van der Waals surface area contributed by atoms with Gasteiger partial charge in [-0.2, -0.15) is 5.10 Å². The average Bonchev–Trinajstić information content (AvgIpc) is 3.15. The molecule has 0 aliphatic heterocycles. The molecule has 0 saturated heterocycles. The van der Waals surface area contributed by atoms with Gasteiger partial charge in [0.15, 0.2) is 5.78 Å². The van der Waals surface area contributed by atoms with E-state index in [1.165, 1.54) is 24.4 Å². The first-order chi connectivity index (χ1) is 10.6. The van der Waals surface area contributed by atoms with Crippen LogP contribution in [0, 0.1) is 12.7 Å². The van der Waals surface area contributed by atoms with Crippen molar-refractivity contribution in [3.63, 3.8) is 0 Å². The lowest BCUT2D eigenvalue weighted by molar-refractivity contribution is 0.104. The number of hydrogen-bond acceptors (Lipinski definition) is 3. The molecular formula is C16H13FN4O. The fraction of sp³-hybridized carbons (Fsp3) is 0.0625. The second-order valence-corrected chi connectivity index (χ2v) is 4.70. The molecule has 6 heteroatoms. The zero-order valence-electron chi connectivity index (χ0n) is 11.8. The van der Waals surface area contributed by atoms with E-state index in [4.69, 9.17) is 0 Å². The summed E-state index contributed by atoms with van der Waals surface area (Å²) in [4.78, 5) is 19.1. The molecule has 0 saturated carbocycles. The highest BCUT2D eigenvalue weighted by molar-refractivity contribution is 6.07. The maximum atomic E-state index is 13.0. The highest BCUT2D eigenvalue weighted by atomic mass is 19.1. The van der Waals surface area contributed by atoms with Crippen LogP contribution < -0.4 is 0 Å². The summed E-state index contributed by atoms with van der Waals surface area (Å²) in [5, 5.41) is 4.20. The van der Waals surface area contributed by atoms with Crippen LogP contribution in [0.2, 0.25) is 0 Å². The number of carbonyl (C=O) groups excluding carboxylic acids is 1. The number of carbonyl (C=O) groups is 1. The van der Waals surface area contributed by atoms with E-state index in [1.807, 2.05) is 0 Å². The van der Waals surface area contributed by atoms with Gasteiger partial charge in [0.25, 0.3) is 0 Å². The number of nitrogens with one attached hydrogen (secondary N) is 1. The minimum atomic E-state index is -0.314. The monoisotopic (exact) mass is 296 g/mol. The van der Waals surface area contributed by atoms with Crippen molar-refractivity contribution in [1.29, 1.82) is 0 Å². The van der Waals surface area contributed by atoms with Gasteiger partial charge < -0.3 is 4.98 Å². The van der Waals surface area contributed by atoms with Gasteiger partial charge in [-0.3, -0.25) is 4.79 Å². The summed E-state index contributed by atoms with van der Waals surface area (Å²) in [5.74, 6) is 0.130. The summed E-state index contributed by atoms with van der Waals surface area (Å²) in [6.07, 6.45) is 7.85. The summed E-state index contributed by atoms with van der Waals surface area (Å²) in [6.45, 7) is 1.80. The molecule has 0 aliphatic carbocycles. The Labute approximate surface area is 126 Å². The van der Waals surface area contributed by atoms with Crippen LogP contribution >= 0.6 is 0 Å². The van der Waals surface area contributed by atoms with Crippen molar-refractivity contribution in [3.8, 4) is 5.69 Å². The lowest BCUT2D eigenvalue weighted by Crippen LogP contribution is -2.01. The Bertz CT molecular complexity index is 816. The maximum Gasteiger partial charge on any atom is 0.189 e. The van der Waals surface area contributed by atoms with Gasteiger partial charge in [-0.1, -0.05) is 0 Å². The SMILES string of the molecule is Cc1c(C(=O)C=Cc2ncc[nH]2)cnn1-c1ccc(F)cc1. The molecule has 22 heavy (non-hydrogen) atoms. The molecule has 0 radical (unpaired) electrons. The number of hydrogen-bond donors (Lipinski definition) is 1. The topological polar surface area (TPSA) is 63.6 Å². The third-order valence-electron chi connectivity index (χ3n) is 3.26. The molecule has 110 valence electrons. The third-order valence-corrected chi connectivity index (χ3v) is 3.26. The van der Waals surface area contributed by atoms with Gasteiger partial charge in [0, 0.05) is 12.4 Å². The van der Waals surface area contributed by atoms with Crippen LogP contribution in [-0.2, 0) is 0 Å². The van der Waals surface area contributed by atoms with Crippen molar-refractivity contribution in [2.75, 3.05) is 0 Å². The predicted octanol–water partition coefficient (Wildman–Crippen LogP) is 2.94. The zero-order chi connectivity index (χ0) is 15.5. The summed E-state index contributed by atoms with van der Waals surface area (Å²) in [6, 6.07) is 5.94. The van der Waals surface area contributed by atoms with Crippen LogP contribution in [0.5, 0.6) is 0 Å². The van der Waals surface area contributed by atoms with Crippen molar-refractivity contribution < 1.29 is 9.18 Å². The number of aromatic nitrogens is 4. The first kappa shape index (κ1) is 13.9. The van der Waals surface area contributed by atoms with Crippen molar-refractivity contribution >= 4 is 11.9 Å². The van der Waals surface area contributed by atoms with Crippen molar-refractivity contribution in [1.82, 2.24) is 19.7 Å². The normalized spacial score (nSPS) is 11.2. The number of ketones is 1. The van der Waals surface area contributed by atoms with Crippen molar-refractivity contribution in [2.45, 2.75) is 6.92 Å². The largest absolute Gasteiger partial charge is 0.345 e. The van der Waals surface area contributed by atoms with Crippen LogP contribution in [0.15, 0.2) is 48.9 Å². The molecule has 0 spiro atoms. The number of nitrogens with zero attached hydrogens (tertiary/aromatic N) is 3. The standard InChI is InChI=1S/C16H13FN4O/c1-11-14(15(22)6-7-16-18-8-9-19-16)10-20-21(11)13-4-2-12(17)3-5-13/h2-10H,1H3,(H,18,19). The second kappa shape index (κ2) is 5.77. The number of halogens is 1. The van der Waals surface area contributed by atoms with Gasteiger partial charge in [-0.15, -0.1) is 0 Å². The number of imidazole rings is 1. The fourth-order valence-corrected chi connectivity index (χ4v) is 2.11. The average molecular weight is 296 g/mol. The van der Waals surface area contributed by atoms with Crippen LogP contribution in [0.4, 0.5) is 4.39 Å². The van der Waals surface area contributed by atoms with E-state index in [2.05, 4.69) is 15.1 Å². The lowest BCUT2D eigenvalue weighted by atomic mass is 10.1. The summed E-state index contributed by atoms with van der Waals surface area (Å²) in [7, 11) is 0. The van der Waals surface area contributed by atoms with E-state index in [-0.39, 0.29) is 11.6 Å². The van der Waals surface area contributed by atoms with Gasteiger partial charge in [-0.25, -0.2) is 14.1 Å². The van der Waals surface area contributed by atoms with E-state index < -0.39 is 0 Å². The third kappa shape index (κ3) is 2.71. The van der Waals surface area contributed by atoms with Crippen LogP contribution in [0.1, 0.15) is 21.9 Å². The van der Waals surface area contributed by atoms with Gasteiger partial charge in [-0.05, 0) is 43.3 Å². The number of H-pyrrole nitrogens is 1. The highest BCUT2D eigenvalue weighted by Crippen LogP contribution is 2.15. The molecule has 5 nitrogen and oxygen atoms in total. The Morgan fingerprint density at radius 2 is 2.09 bits per heavy atom. The quantitative estimate of drug-likeness (QED) is 0.594. The molecule has 1 aromatic carbocycles. The summed E-state index contributed by atoms with van der Waals surface area (Å²) >= 11 is 0. The van der Waals surface area contributed by atoms with Gasteiger partial charge in [0.05, 0.1) is 23.1 Å². The molecule has 0 bridgehead atoms. The number of rotatable bonds is 4. The molecule has 3 aromatic rings. The molecule has 0 atom stereocenters. The summed E-state index contributed by atoms with van der Waals surface area (Å²) in [5.41, 5.74) is 1.89. The van der Waals surface area contributed by atoms with Crippen LogP contribution in [0.3, 0.4) is 0 Å². The van der Waals surface area contributed by atoms with E-state index in [0.717, 1.165) is 0 Å². The number of benzene rings is 1. The minimum absolute atomic E-state index is 0.165. The summed E-state index contributed by atoms with van der Waals surface area (Å²) < 4.78 is 14.6. The minimum Gasteiger partial charge on any atom is -0.345 e. The molecule has 2 aromatic heterocycles. The Morgan fingerprint density at radius 3 is 2.77 bits per heavy atom. The Morgan fingerprint density at radius 1 is 1.32 bits per heavy atom. The molecular weight excluding hydrogens is 283 g/mol. The molecule has 2 heterocycles. The molecule has 0 fully saturated rings. The van der Waals surface area contributed by atoms with E-state index >= 15 is 0 Å². The number of allylic oxidation sites excluding steroid dienone is 1. The Kier molecular flexibility index (Phi) is 3.65. The number of aromatic amines is 1. The predicted molar refractivity (Wildman–Crippen MR) is 80.2 cm³/mol. The van der Waals surface area contributed by atoms with Crippen molar-refractivity contribution in [2.24, 2.45) is 0 Å². The van der Waals surface area contributed by atoms with E-state index in [0.29, 0.717) is 22.8 Å². The fourth-order valence-electron chi connectivity index (χ4n) is 2.11. The second-order valence-electron chi connectivity index (χ2n) is 4.70. The van der Waals surface area contributed by atoms with E-state index in [9.17, 15) is 9.18 Å². The molecule has 0 unspecified atom stereocenters. The van der Waals surface area contributed by atoms with Gasteiger partial charge >= 0.3 is 0 Å². The first-order valence-electron chi connectivity index (χ1n) is 6.67. The Hall–Kier alpha value is -3.02. The molecule has 0 amide bonds. The lowest BCUT2D eigenvalue weighted by Gasteiger charge is -2.04. The Balaban J connectivity index is 1.87. The first-order valence-corrected chi connectivity index (χ1v) is 6.67.